The molecule has 2 rings (SSSR count). The maximum absolute atomic E-state index is 11.9. The van der Waals surface area contributed by atoms with Gasteiger partial charge in [0, 0.05) is 8.95 Å². The molecule has 0 saturated heterocycles. The zero-order chi connectivity index (χ0) is 15.2. The van der Waals surface area contributed by atoms with Gasteiger partial charge >= 0.3 is 0 Å². The maximum atomic E-state index is 11.9. The Bertz CT molecular complexity index is 627. The Morgan fingerprint density at radius 3 is 2.52 bits per heavy atom. The lowest BCUT2D eigenvalue weighted by Crippen LogP contribution is -2.20. The van der Waals surface area contributed by atoms with Gasteiger partial charge in [0.25, 0.3) is 5.91 Å². The second-order valence-electron chi connectivity index (χ2n) is 4.46. The zero-order valence-corrected chi connectivity index (χ0v) is 14.7. The van der Waals surface area contributed by atoms with Gasteiger partial charge in [0.15, 0.2) is 6.61 Å². The fraction of sp³-hybridized carbons (Fsp3) is 0.188. The van der Waals surface area contributed by atoms with Crippen molar-refractivity contribution in [3.63, 3.8) is 0 Å². The van der Waals surface area contributed by atoms with E-state index in [9.17, 15) is 4.79 Å². The molecular weight excluding hydrogens is 398 g/mol. The largest absolute Gasteiger partial charge is 0.484 e. The van der Waals surface area contributed by atoms with E-state index in [4.69, 9.17) is 4.74 Å². The number of hydrogen-bond acceptors (Lipinski definition) is 2. The van der Waals surface area contributed by atoms with E-state index >= 15 is 0 Å². The van der Waals surface area contributed by atoms with Gasteiger partial charge in [0.05, 0.1) is 5.69 Å². The summed E-state index contributed by atoms with van der Waals surface area (Å²) in [5, 5.41) is 2.80. The van der Waals surface area contributed by atoms with E-state index in [1.807, 2.05) is 42.5 Å². The molecule has 1 N–H and O–H groups in total. The molecule has 0 aliphatic heterocycles. The van der Waals surface area contributed by atoms with Gasteiger partial charge in [0.1, 0.15) is 5.75 Å². The number of hydrogen-bond donors (Lipinski definition) is 1. The number of halogens is 2. The van der Waals surface area contributed by atoms with E-state index in [1.54, 1.807) is 0 Å². The van der Waals surface area contributed by atoms with E-state index in [2.05, 4.69) is 44.1 Å². The van der Waals surface area contributed by atoms with Crippen molar-refractivity contribution in [2.24, 2.45) is 0 Å². The molecule has 0 fully saturated rings. The molecule has 110 valence electrons. The summed E-state index contributed by atoms with van der Waals surface area (Å²) in [5.74, 6) is 0.490. The minimum Gasteiger partial charge on any atom is -0.484 e. The highest BCUT2D eigenvalue weighted by Crippen LogP contribution is 2.26. The Hall–Kier alpha value is -1.33. The average molecular weight is 413 g/mol. The number of carbonyl (C=O) groups excluding carboxylic acids is 1. The fourth-order valence-corrected chi connectivity index (χ4v) is 2.46. The molecule has 21 heavy (non-hydrogen) atoms. The Labute approximate surface area is 141 Å². The Morgan fingerprint density at radius 1 is 1.14 bits per heavy atom. The summed E-state index contributed by atoms with van der Waals surface area (Å²) >= 11 is 6.77. The van der Waals surface area contributed by atoms with Gasteiger partial charge in [-0.15, -0.1) is 0 Å². The average Bonchev–Trinajstić information content (AvgIpc) is 2.49. The SMILES string of the molecule is CCc1ccc(OCC(=O)Nc2cc(Br)ccc2Br)cc1. The first-order chi connectivity index (χ1) is 10.1. The van der Waals surface area contributed by atoms with Crippen LogP contribution in [0.1, 0.15) is 12.5 Å². The highest BCUT2D eigenvalue weighted by Gasteiger charge is 2.07. The van der Waals surface area contributed by atoms with Gasteiger partial charge in [-0.3, -0.25) is 4.79 Å². The number of nitrogens with one attached hydrogen (secondary N) is 1. The molecule has 0 saturated carbocycles. The summed E-state index contributed by atoms with van der Waals surface area (Å²) in [4.78, 5) is 11.9. The summed E-state index contributed by atoms with van der Waals surface area (Å²) < 4.78 is 7.20. The second-order valence-corrected chi connectivity index (χ2v) is 6.23. The van der Waals surface area contributed by atoms with Crippen LogP contribution in [0.3, 0.4) is 0 Å². The lowest BCUT2D eigenvalue weighted by atomic mass is 10.2. The standard InChI is InChI=1S/C16H15Br2NO2/c1-2-11-3-6-13(7-4-11)21-10-16(20)19-15-9-12(17)5-8-14(15)18/h3-9H,2,10H2,1H3,(H,19,20). The molecule has 2 aromatic rings. The number of amides is 1. The third-order valence-corrected chi connectivity index (χ3v) is 4.09. The first-order valence-corrected chi connectivity index (χ1v) is 8.13. The van der Waals surface area contributed by atoms with Crippen molar-refractivity contribution < 1.29 is 9.53 Å². The minimum atomic E-state index is -0.201. The van der Waals surface area contributed by atoms with Crippen molar-refractivity contribution in [3.8, 4) is 5.75 Å². The Balaban J connectivity index is 1.91. The van der Waals surface area contributed by atoms with Crippen molar-refractivity contribution >= 4 is 43.5 Å². The molecule has 0 aliphatic carbocycles. The first-order valence-electron chi connectivity index (χ1n) is 6.55. The number of benzene rings is 2. The molecule has 2 aromatic carbocycles. The van der Waals surface area contributed by atoms with Crippen LogP contribution in [0.15, 0.2) is 51.4 Å². The van der Waals surface area contributed by atoms with Crippen molar-refractivity contribution in [2.75, 3.05) is 11.9 Å². The highest BCUT2D eigenvalue weighted by molar-refractivity contribution is 9.11. The van der Waals surface area contributed by atoms with E-state index < -0.39 is 0 Å². The normalized spacial score (nSPS) is 10.2. The van der Waals surface area contributed by atoms with Crippen LogP contribution in [0.2, 0.25) is 0 Å². The number of rotatable bonds is 5. The second kappa shape index (κ2) is 7.61. The molecular formula is C16H15Br2NO2. The number of anilines is 1. The van der Waals surface area contributed by atoms with Gasteiger partial charge in [-0.05, 0) is 58.2 Å². The molecule has 0 aromatic heterocycles. The zero-order valence-electron chi connectivity index (χ0n) is 11.5. The van der Waals surface area contributed by atoms with Crippen molar-refractivity contribution in [1.82, 2.24) is 0 Å². The van der Waals surface area contributed by atoms with E-state index in [0.29, 0.717) is 11.4 Å². The van der Waals surface area contributed by atoms with Gasteiger partial charge in [-0.1, -0.05) is 35.0 Å². The Kier molecular flexibility index (Phi) is 5.82. The fourth-order valence-electron chi connectivity index (χ4n) is 1.75. The molecule has 3 nitrogen and oxygen atoms in total. The first kappa shape index (κ1) is 16.0. The maximum Gasteiger partial charge on any atom is 0.262 e. The van der Waals surface area contributed by atoms with Crippen LogP contribution in [0.5, 0.6) is 5.75 Å². The summed E-state index contributed by atoms with van der Waals surface area (Å²) in [6.45, 7) is 2.07. The summed E-state index contributed by atoms with van der Waals surface area (Å²) in [6, 6.07) is 13.3. The predicted octanol–water partition coefficient (Wildman–Crippen LogP) is 4.79. The van der Waals surface area contributed by atoms with Crippen LogP contribution in [0.25, 0.3) is 0 Å². The van der Waals surface area contributed by atoms with Crippen LogP contribution in [0, 0.1) is 0 Å². The summed E-state index contributed by atoms with van der Waals surface area (Å²) in [7, 11) is 0. The van der Waals surface area contributed by atoms with Gasteiger partial charge in [-0.2, -0.15) is 0 Å². The van der Waals surface area contributed by atoms with Gasteiger partial charge < -0.3 is 10.1 Å². The van der Waals surface area contributed by atoms with Gasteiger partial charge in [0.2, 0.25) is 0 Å². The van der Waals surface area contributed by atoms with E-state index in [0.717, 1.165) is 15.4 Å². The Morgan fingerprint density at radius 2 is 1.86 bits per heavy atom. The highest BCUT2D eigenvalue weighted by atomic mass is 79.9. The smallest absolute Gasteiger partial charge is 0.262 e. The molecule has 0 radical (unpaired) electrons. The lowest BCUT2D eigenvalue weighted by molar-refractivity contribution is -0.118. The molecule has 0 unspecified atom stereocenters. The summed E-state index contributed by atoms with van der Waals surface area (Å²) in [5.41, 5.74) is 1.95. The quantitative estimate of drug-likeness (QED) is 0.766. The van der Waals surface area contributed by atoms with Crippen LogP contribution < -0.4 is 10.1 Å². The lowest BCUT2D eigenvalue weighted by Gasteiger charge is -2.09. The van der Waals surface area contributed by atoms with Crippen LogP contribution in [-0.4, -0.2) is 12.5 Å². The number of ether oxygens (including phenoxy) is 1. The predicted molar refractivity (Wildman–Crippen MR) is 91.8 cm³/mol. The van der Waals surface area contributed by atoms with Crippen LogP contribution >= 0.6 is 31.9 Å². The number of aryl methyl sites for hydroxylation is 1. The topological polar surface area (TPSA) is 38.3 Å². The van der Waals surface area contributed by atoms with E-state index in [-0.39, 0.29) is 12.5 Å². The minimum absolute atomic E-state index is 0.0234. The summed E-state index contributed by atoms with van der Waals surface area (Å²) in [6.07, 6.45) is 0.984. The molecule has 5 heteroatoms. The van der Waals surface area contributed by atoms with Crippen molar-refractivity contribution in [3.05, 3.63) is 57.0 Å². The number of carbonyl (C=O) groups is 1. The molecule has 0 spiro atoms. The third-order valence-electron chi connectivity index (χ3n) is 2.90. The van der Waals surface area contributed by atoms with Crippen LogP contribution in [-0.2, 0) is 11.2 Å². The molecule has 0 atom stereocenters. The molecule has 0 aliphatic rings. The molecule has 0 heterocycles. The van der Waals surface area contributed by atoms with Gasteiger partial charge in [-0.25, -0.2) is 0 Å². The van der Waals surface area contributed by atoms with Crippen LogP contribution in [0.4, 0.5) is 5.69 Å². The molecule has 1 amide bonds. The third kappa shape index (κ3) is 4.86. The van der Waals surface area contributed by atoms with Crippen molar-refractivity contribution in [2.45, 2.75) is 13.3 Å². The van der Waals surface area contributed by atoms with E-state index in [1.165, 1.54) is 5.56 Å². The monoisotopic (exact) mass is 411 g/mol. The molecule has 0 bridgehead atoms. The van der Waals surface area contributed by atoms with Crippen molar-refractivity contribution in [1.29, 1.82) is 0 Å².